The lowest BCUT2D eigenvalue weighted by Crippen LogP contribution is -2.45. The van der Waals surface area contributed by atoms with Gasteiger partial charge in [-0.15, -0.1) is 0 Å². The van der Waals surface area contributed by atoms with Gasteiger partial charge in [0.2, 0.25) is 10.0 Å². The van der Waals surface area contributed by atoms with Crippen LogP contribution in [0.5, 0.6) is 0 Å². The fourth-order valence-electron chi connectivity index (χ4n) is 2.19. The molecule has 2 unspecified atom stereocenters. The van der Waals surface area contributed by atoms with E-state index in [1.807, 2.05) is 6.92 Å². The Morgan fingerprint density at radius 2 is 2.00 bits per heavy atom. The molecule has 0 saturated heterocycles. The predicted molar refractivity (Wildman–Crippen MR) is 65.2 cm³/mol. The molecule has 0 aromatic carbocycles. The van der Waals surface area contributed by atoms with Crippen molar-refractivity contribution in [1.82, 2.24) is 4.72 Å². The lowest BCUT2D eigenvalue weighted by Gasteiger charge is -2.28. The van der Waals surface area contributed by atoms with Crippen LogP contribution in [0.25, 0.3) is 0 Å². The SMILES string of the molecule is CCCCS(=O)(=O)NC1CCCCC1C(=O)O. The van der Waals surface area contributed by atoms with E-state index in [1.165, 1.54) is 0 Å². The molecule has 0 spiro atoms. The second-order valence-electron chi connectivity index (χ2n) is 4.63. The van der Waals surface area contributed by atoms with Crippen LogP contribution in [0, 0.1) is 5.92 Å². The second kappa shape index (κ2) is 6.35. The fraction of sp³-hybridized carbons (Fsp3) is 0.909. The maximum Gasteiger partial charge on any atom is 0.308 e. The molecule has 0 aromatic heterocycles. The molecule has 2 atom stereocenters. The van der Waals surface area contributed by atoms with E-state index in [2.05, 4.69) is 4.72 Å². The number of hydrogen-bond acceptors (Lipinski definition) is 3. The molecule has 1 aliphatic rings. The van der Waals surface area contributed by atoms with Crippen molar-refractivity contribution in [2.45, 2.75) is 51.5 Å². The van der Waals surface area contributed by atoms with E-state index in [1.54, 1.807) is 0 Å². The molecule has 17 heavy (non-hydrogen) atoms. The summed E-state index contributed by atoms with van der Waals surface area (Å²) in [6, 6.07) is -0.428. The zero-order valence-corrected chi connectivity index (χ0v) is 11.0. The quantitative estimate of drug-likeness (QED) is 0.757. The summed E-state index contributed by atoms with van der Waals surface area (Å²) >= 11 is 0. The molecule has 1 aliphatic carbocycles. The number of hydrogen-bond donors (Lipinski definition) is 2. The number of aliphatic carboxylic acids is 1. The van der Waals surface area contributed by atoms with Gasteiger partial charge in [0.25, 0.3) is 0 Å². The van der Waals surface area contributed by atoms with Gasteiger partial charge in [-0.1, -0.05) is 26.2 Å². The molecule has 0 aromatic rings. The molecule has 100 valence electrons. The van der Waals surface area contributed by atoms with Crippen LogP contribution < -0.4 is 4.72 Å². The summed E-state index contributed by atoms with van der Waals surface area (Å²) in [4.78, 5) is 11.0. The molecule has 0 heterocycles. The minimum Gasteiger partial charge on any atom is -0.481 e. The molecule has 0 radical (unpaired) electrons. The van der Waals surface area contributed by atoms with E-state index in [0.29, 0.717) is 19.3 Å². The number of rotatable bonds is 6. The molecule has 1 fully saturated rings. The summed E-state index contributed by atoms with van der Waals surface area (Å²) in [5, 5.41) is 9.05. The zero-order valence-electron chi connectivity index (χ0n) is 10.2. The van der Waals surface area contributed by atoms with E-state index < -0.39 is 28.0 Å². The Bertz CT molecular complexity index is 352. The third kappa shape index (κ3) is 4.63. The van der Waals surface area contributed by atoms with Gasteiger partial charge in [0.15, 0.2) is 0 Å². The van der Waals surface area contributed by atoms with Crippen LogP contribution in [-0.4, -0.2) is 31.3 Å². The lowest BCUT2D eigenvalue weighted by atomic mass is 9.85. The highest BCUT2D eigenvalue weighted by Crippen LogP contribution is 2.25. The smallest absolute Gasteiger partial charge is 0.308 e. The number of carbonyl (C=O) groups is 1. The van der Waals surface area contributed by atoms with Gasteiger partial charge in [-0.2, -0.15) is 0 Å². The van der Waals surface area contributed by atoms with Gasteiger partial charge < -0.3 is 5.11 Å². The van der Waals surface area contributed by atoms with Gasteiger partial charge in [-0.3, -0.25) is 4.79 Å². The topological polar surface area (TPSA) is 83.5 Å². The summed E-state index contributed by atoms with van der Waals surface area (Å²) in [6.07, 6.45) is 4.38. The molecule has 6 heteroatoms. The molecule has 1 rings (SSSR count). The van der Waals surface area contributed by atoms with Crippen molar-refractivity contribution >= 4 is 16.0 Å². The van der Waals surface area contributed by atoms with Crippen LogP contribution >= 0.6 is 0 Å². The molecule has 0 aliphatic heterocycles. The van der Waals surface area contributed by atoms with Crippen LogP contribution in [0.3, 0.4) is 0 Å². The summed E-state index contributed by atoms with van der Waals surface area (Å²) < 4.78 is 26.0. The summed E-state index contributed by atoms with van der Waals surface area (Å²) in [5.74, 6) is -1.38. The minimum atomic E-state index is -3.32. The van der Waals surface area contributed by atoms with Crippen molar-refractivity contribution in [3.05, 3.63) is 0 Å². The van der Waals surface area contributed by atoms with E-state index in [-0.39, 0.29) is 5.75 Å². The number of unbranched alkanes of at least 4 members (excludes halogenated alkanes) is 1. The first kappa shape index (κ1) is 14.4. The minimum absolute atomic E-state index is 0.0896. The standard InChI is InChI=1S/C11H21NO4S/c1-2-3-8-17(15,16)12-10-7-5-4-6-9(10)11(13)14/h9-10,12H,2-8H2,1H3,(H,13,14). The number of carboxylic acid groups (broad SMARTS) is 1. The molecule has 0 bridgehead atoms. The highest BCUT2D eigenvalue weighted by molar-refractivity contribution is 7.89. The first-order valence-electron chi connectivity index (χ1n) is 6.19. The molecular formula is C11H21NO4S. The Labute approximate surface area is 103 Å². The molecule has 2 N–H and O–H groups in total. The van der Waals surface area contributed by atoms with Crippen LogP contribution in [0.2, 0.25) is 0 Å². The second-order valence-corrected chi connectivity index (χ2v) is 6.50. The number of carboxylic acids is 1. The van der Waals surface area contributed by atoms with Crippen LogP contribution in [0.1, 0.15) is 45.4 Å². The van der Waals surface area contributed by atoms with Gasteiger partial charge in [-0.25, -0.2) is 13.1 Å². The maximum atomic E-state index is 11.7. The van der Waals surface area contributed by atoms with Crippen molar-refractivity contribution in [3.63, 3.8) is 0 Å². The van der Waals surface area contributed by atoms with Crippen molar-refractivity contribution in [2.75, 3.05) is 5.75 Å². The molecule has 5 nitrogen and oxygen atoms in total. The van der Waals surface area contributed by atoms with Gasteiger partial charge in [0.05, 0.1) is 11.7 Å². The van der Waals surface area contributed by atoms with E-state index in [0.717, 1.165) is 19.3 Å². The van der Waals surface area contributed by atoms with E-state index in [9.17, 15) is 13.2 Å². The fourth-order valence-corrected chi connectivity index (χ4v) is 3.72. The normalized spacial score (nSPS) is 25.7. The van der Waals surface area contributed by atoms with Gasteiger partial charge in [0, 0.05) is 6.04 Å². The highest BCUT2D eigenvalue weighted by Gasteiger charge is 2.33. The summed E-state index contributed by atoms with van der Waals surface area (Å²) in [5.41, 5.74) is 0. The third-order valence-electron chi connectivity index (χ3n) is 3.18. The Balaban J connectivity index is 2.61. The third-order valence-corrected chi connectivity index (χ3v) is 4.67. The Hall–Kier alpha value is -0.620. The average Bonchev–Trinajstić information content (AvgIpc) is 2.26. The van der Waals surface area contributed by atoms with Gasteiger partial charge >= 0.3 is 5.97 Å². The summed E-state index contributed by atoms with van der Waals surface area (Å²) in [7, 11) is -3.32. The predicted octanol–water partition coefficient (Wildman–Crippen LogP) is 1.35. The Morgan fingerprint density at radius 1 is 1.35 bits per heavy atom. The van der Waals surface area contributed by atoms with Crippen molar-refractivity contribution < 1.29 is 18.3 Å². The maximum absolute atomic E-state index is 11.7. The molecule has 0 amide bonds. The highest BCUT2D eigenvalue weighted by atomic mass is 32.2. The van der Waals surface area contributed by atoms with Crippen molar-refractivity contribution in [2.24, 2.45) is 5.92 Å². The molecular weight excluding hydrogens is 242 g/mol. The van der Waals surface area contributed by atoms with Crippen LogP contribution in [0.15, 0.2) is 0 Å². The zero-order chi connectivity index (χ0) is 12.9. The largest absolute Gasteiger partial charge is 0.481 e. The van der Waals surface area contributed by atoms with Crippen LogP contribution in [-0.2, 0) is 14.8 Å². The average molecular weight is 263 g/mol. The first-order valence-corrected chi connectivity index (χ1v) is 7.84. The van der Waals surface area contributed by atoms with E-state index in [4.69, 9.17) is 5.11 Å². The van der Waals surface area contributed by atoms with E-state index >= 15 is 0 Å². The Morgan fingerprint density at radius 3 is 2.59 bits per heavy atom. The lowest BCUT2D eigenvalue weighted by molar-refractivity contribution is -0.143. The van der Waals surface area contributed by atoms with Crippen LogP contribution in [0.4, 0.5) is 0 Å². The van der Waals surface area contributed by atoms with Crippen molar-refractivity contribution in [1.29, 1.82) is 0 Å². The van der Waals surface area contributed by atoms with Gasteiger partial charge in [0.1, 0.15) is 0 Å². The summed E-state index contributed by atoms with van der Waals surface area (Å²) in [6.45, 7) is 1.93. The number of nitrogens with one attached hydrogen (secondary N) is 1. The monoisotopic (exact) mass is 263 g/mol. The Kier molecular flexibility index (Phi) is 5.39. The first-order chi connectivity index (χ1) is 7.96. The number of sulfonamides is 1. The van der Waals surface area contributed by atoms with Crippen molar-refractivity contribution in [3.8, 4) is 0 Å². The molecule has 1 saturated carbocycles. The van der Waals surface area contributed by atoms with Gasteiger partial charge in [-0.05, 0) is 19.3 Å².